The molecule has 2 aromatic carbocycles. The number of hydrogen-bond acceptors (Lipinski definition) is 3. The Balaban J connectivity index is 1.72. The fraction of sp³-hybridized carbons (Fsp3) is 0.250. The fourth-order valence-electron chi connectivity index (χ4n) is 2.87. The van der Waals surface area contributed by atoms with Crippen molar-refractivity contribution in [2.75, 3.05) is 13.1 Å². The molecule has 0 unspecified atom stereocenters. The standard InChI is InChI=1S/C20H23ClN4O/c21-16-7-5-13(6-8-16)14-3-4-15-11-19(25-18(15)10-14)20(26)24-12-17(23)2-1-9-22/h3-8,10-11,17,25H,1-2,9,12,22-23H2,(H,24,26)/t17-/m1/s1. The minimum absolute atomic E-state index is 0.0802. The summed E-state index contributed by atoms with van der Waals surface area (Å²) in [6, 6.07) is 15.5. The van der Waals surface area contributed by atoms with E-state index < -0.39 is 0 Å². The second kappa shape index (κ2) is 8.36. The highest BCUT2D eigenvalue weighted by molar-refractivity contribution is 6.30. The van der Waals surface area contributed by atoms with Crippen molar-refractivity contribution in [2.24, 2.45) is 11.5 Å². The molecule has 0 spiro atoms. The van der Waals surface area contributed by atoms with Crippen molar-refractivity contribution < 1.29 is 4.79 Å². The predicted octanol–water partition coefficient (Wildman–Crippen LogP) is 3.28. The molecule has 1 atom stereocenters. The van der Waals surface area contributed by atoms with Crippen LogP contribution >= 0.6 is 11.6 Å². The summed E-state index contributed by atoms with van der Waals surface area (Å²) in [4.78, 5) is 15.5. The van der Waals surface area contributed by atoms with E-state index in [1.165, 1.54) is 0 Å². The van der Waals surface area contributed by atoms with Crippen LogP contribution in [0.2, 0.25) is 5.02 Å². The van der Waals surface area contributed by atoms with Crippen LogP contribution in [0.4, 0.5) is 0 Å². The van der Waals surface area contributed by atoms with E-state index in [4.69, 9.17) is 23.1 Å². The molecule has 6 N–H and O–H groups in total. The highest BCUT2D eigenvalue weighted by atomic mass is 35.5. The van der Waals surface area contributed by atoms with Crippen LogP contribution in [0.15, 0.2) is 48.5 Å². The minimum atomic E-state index is -0.155. The molecule has 1 amide bonds. The maximum absolute atomic E-state index is 12.3. The third kappa shape index (κ3) is 4.43. The van der Waals surface area contributed by atoms with Gasteiger partial charge >= 0.3 is 0 Å². The van der Waals surface area contributed by atoms with Gasteiger partial charge in [-0.15, -0.1) is 0 Å². The normalized spacial score (nSPS) is 12.3. The Morgan fingerprint density at radius 1 is 1.12 bits per heavy atom. The van der Waals surface area contributed by atoms with Gasteiger partial charge in [-0.2, -0.15) is 0 Å². The molecule has 0 aliphatic heterocycles. The number of aromatic amines is 1. The van der Waals surface area contributed by atoms with Crippen LogP contribution in [0.25, 0.3) is 22.0 Å². The molecule has 3 rings (SSSR count). The third-order valence-electron chi connectivity index (χ3n) is 4.35. The van der Waals surface area contributed by atoms with Crippen molar-refractivity contribution in [2.45, 2.75) is 18.9 Å². The molecular formula is C20H23ClN4O. The Morgan fingerprint density at radius 2 is 1.85 bits per heavy atom. The molecule has 1 heterocycles. The number of amides is 1. The molecule has 1 aromatic heterocycles. The summed E-state index contributed by atoms with van der Waals surface area (Å²) < 4.78 is 0. The Kier molecular flexibility index (Phi) is 5.93. The van der Waals surface area contributed by atoms with E-state index in [-0.39, 0.29) is 11.9 Å². The zero-order chi connectivity index (χ0) is 18.5. The van der Waals surface area contributed by atoms with Gasteiger partial charge in [-0.3, -0.25) is 4.79 Å². The number of H-pyrrole nitrogens is 1. The summed E-state index contributed by atoms with van der Waals surface area (Å²) in [6.45, 7) is 1.05. The zero-order valence-electron chi connectivity index (χ0n) is 14.5. The lowest BCUT2D eigenvalue weighted by Gasteiger charge is -2.11. The van der Waals surface area contributed by atoms with Gasteiger partial charge in [0.05, 0.1) is 0 Å². The number of benzene rings is 2. The zero-order valence-corrected chi connectivity index (χ0v) is 15.2. The van der Waals surface area contributed by atoms with E-state index in [1.807, 2.05) is 48.5 Å². The molecule has 6 heteroatoms. The van der Waals surface area contributed by atoms with Crippen molar-refractivity contribution in [1.29, 1.82) is 0 Å². The Morgan fingerprint density at radius 3 is 2.58 bits per heavy atom. The largest absolute Gasteiger partial charge is 0.351 e. The lowest BCUT2D eigenvalue weighted by atomic mass is 10.0. The fourth-order valence-corrected chi connectivity index (χ4v) is 3.00. The number of rotatable bonds is 7. The summed E-state index contributed by atoms with van der Waals surface area (Å²) in [6.07, 6.45) is 1.66. The van der Waals surface area contributed by atoms with Gasteiger partial charge < -0.3 is 21.8 Å². The molecule has 0 radical (unpaired) electrons. The number of nitrogens with two attached hydrogens (primary N) is 2. The van der Waals surface area contributed by atoms with Gasteiger partial charge in [0, 0.05) is 28.5 Å². The number of fused-ring (bicyclic) bond motifs is 1. The van der Waals surface area contributed by atoms with Gasteiger partial charge in [-0.1, -0.05) is 35.9 Å². The molecule has 5 nitrogen and oxygen atoms in total. The Hall–Kier alpha value is -2.34. The smallest absolute Gasteiger partial charge is 0.267 e. The van der Waals surface area contributed by atoms with Crippen molar-refractivity contribution in [1.82, 2.24) is 10.3 Å². The quantitative estimate of drug-likeness (QED) is 0.513. The molecular weight excluding hydrogens is 348 g/mol. The molecule has 0 fully saturated rings. The van der Waals surface area contributed by atoms with E-state index in [2.05, 4.69) is 10.3 Å². The molecule has 0 saturated heterocycles. The molecule has 0 aliphatic rings. The lowest BCUT2D eigenvalue weighted by molar-refractivity contribution is 0.0946. The van der Waals surface area contributed by atoms with E-state index in [0.29, 0.717) is 23.8 Å². The highest BCUT2D eigenvalue weighted by Gasteiger charge is 2.11. The van der Waals surface area contributed by atoms with E-state index in [9.17, 15) is 4.79 Å². The maximum atomic E-state index is 12.3. The van der Waals surface area contributed by atoms with Crippen molar-refractivity contribution >= 4 is 28.4 Å². The first-order valence-corrected chi connectivity index (χ1v) is 9.07. The van der Waals surface area contributed by atoms with E-state index in [1.54, 1.807) is 0 Å². The SMILES string of the molecule is NCCC[C@@H](N)CNC(=O)c1cc2ccc(-c3ccc(Cl)cc3)cc2[nH]1. The van der Waals surface area contributed by atoms with Gasteiger partial charge in [-0.25, -0.2) is 0 Å². The monoisotopic (exact) mass is 370 g/mol. The van der Waals surface area contributed by atoms with Gasteiger partial charge in [0.25, 0.3) is 5.91 Å². The molecule has 3 aromatic rings. The molecule has 136 valence electrons. The van der Waals surface area contributed by atoms with Crippen LogP contribution in [-0.4, -0.2) is 30.0 Å². The predicted molar refractivity (Wildman–Crippen MR) is 107 cm³/mol. The summed E-state index contributed by atoms with van der Waals surface area (Å²) in [5.74, 6) is -0.155. The van der Waals surface area contributed by atoms with E-state index >= 15 is 0 Å². The van der Waals surface area contributed by atoms with Gasteiger partial charge in [-0.05, 0) is 54.8 Å². The average Bonchev–Trinajstić information content (AvgIpc) is 3.08. The van der Waals surface area contributed by atoms with Crippen molar-refractivity contribution in [3.05, 3.63) is 59.2 Å². The number of halogens is 1. The van der Waals surface area contributed by atoms with Crippen molar-refractivity contribution in [3.8, 4) is 11.1 Å². The van der Waals surface area contributed by atoms with Gasteiger partial charge in [0.1, 0.15) is 5.69 Å². The van der Waals surface area contributed by atoms with Crippen LogP contribution in [-0.2, 0) is 0 Å². The Labute approximate surface area is 157 Å². The first-order valence-electron chi connectivity index (χ1n) is 8.69. The second-order valence-corrected chi connectivity index (χ2v) is 6.83. The number of nitrogens with one attached hydrogen (secondary N) is 2. The summed E-state index contributed by atoms with van der Waals surface area (Å²) >= 11 is 5.95. The number of aromatic nitrogens is 1. The highest BCUT2D eigenvalue weighted by Crippen LogP contribution is 2.26. The van der Waals surface area contributed by atoms with E-state index in [0.717, 1.165) is 34.9 Å². The summed E-state index contributed by atoms with van der Waals surface area (Å²) in [5, 5.41) is 4.56. The summed E-state index contributed by atoms with van der Waals surface area (Å²) in [5.41, 5.74) is 15.0. The average molecular weight is 371 g/mol. The first-order chi connectivity index (χ1) is 12.6. The lowest BCUT2D eigenvalue weighted by Crippen LogP contribution is -2.37. The van der Waals surface area contributed by atoms with Crippen LogP contribution in [0.1, 0.15) is 23.3 Å². The molecule has 0 aliphatic carbocycles. The number of carbonyl (C=O) groups is 1. The summed E-state index contributed by atoms with van der Waals surface area (Å²) in [7, 11) is 0. The van der Waals surface area contributed by atoms with Crippen LogP contribution in [0, 0.1) is 0 Å². The van der Waals surface area contributed by atoms with Gasteiger partial charge in [0.15, 0.2) is 0 Å². The van der Waals surface area contributed by atoms with Crippen LogP contribution in [0.3, 0.4) is 0 Å². The minimum Gasteiger partial charge on any atom is -0.351 e. The number of hydrogen-bond donors (Lipinski definition) is 4. The topological polar surface area (TPSA) is 96.9 Å². The second-order valence-electron chi connectivity index (χ2n) is 6.39. The van der Waals surface area contributed by atoms with Crippen molar-refractivity contribution in [3.63, 3.8) is 0 Å². The van der Waals surface area contributed by atoms with Crippen LogP contribution < -0.4 is 16.8 Å². The van der Waals surface area contributed by atoms with Gasteiger partial charge in [0.2, 0.25) is 0 Å². The molecule has 0 bridgehead atoms. The third-order valence-corrected chi connectivity index (χ3v) is 4.60. The number of carbonyl (C=O) groups excluding carboxylic acids is 1. The Bertz CT molecular complexity index is 888. The van der Waals surface area contributed by atoms with Crippen LogP contribution in [0.5, 0.6) is 0 Å². The molecule has 26 heavy (non-hydrogen) atoms. The maximum Gasteiger partial charge on any atom is 0.267 e. The molecule has 0 saturated carbocycles. The first kappa shape index (κ1) is 18.5.